The third-order valence-electron chi connectivity index (χ3n) is 2.62. The molecule has 0 aliphatic carbocycles. The lowest BCUT2D eigenvalue weighted by molar-refractivity contribution is -0.383. The van der Waals surface area contributed by atoms with Gasteiger partial charge < -0.3 is 5.32 Å². The maximum atomic E-state index is 11.0. The zero-order chi connectivity index (χ0) is 13.1. The quantitative estimate of drug-likeness (QED) is 0.663. The number of nitro groups is 1. The fourth-order valence-corrected chi connectivity index (χ4v) is 1.81. The van der Waals surface area contributed by atoms with Crippen molar-refractivity contribution in [3.63, 3.8) is 0 Å². The van der Waals surface area contributed by atoms with E-state index in [1.807, 2.05) is 30.3 Å². The van der Waals surface area contributed by atoms with Crippen LogP contribution >= 0.6 is 11.6 Å². The number of para-hydroxylation sites is 1. The number of nitrogens with zero attached hydrogens (tertiary/aromatic N) is 1. The number of halogens is 1. The van der Waals surface area contributed by atoms with Gasteiger partial charge in [0.2, 0.25) is 0 Å². The van der Waals surface area contributed by atoms with E-state index >= 15 is 0 Å². The number of nitro benzene ring substituents is 1. The van der Waals surface area contributed by atoms with Crippen LogP contribution < -0.4 is 5.32 Å². The Morgan fingerprint density at radius 3 is 2.44 bits per heavy atom. The van der Waals surface area contributed by atoms with Crippen LogP contribution in [0.2, 0.25) is 5.02 Å². The lowest BCUT2D eigenvalue weighted by atomic mass is 10.1. The molecular weight excluding hydrogens is 252 g/mol. The highest BCUT2D eigenvalue weighted by molar-refractivity contribution is 6.31. The van der Waals surface area contributed by atoms with Crippen LogP contribution in [0.5, 0.6) is 0 Å². The standard InChI is InChI=1S/C13H11ClN2O2/c1-9-11(14)7-8-12(16(17)18)13(9)15-10-5-3-2-4-6-10/h2-8,15H,1H3. The number of hydrogen-bond donors (Lipinski definition) is 1. The molecule has 0 aliphatic heterocycles. The van der Waals surface area contributed by atoms with Gasteiger partial charge >= 0.3 is 0 Å². The van der Waals surface area contributed by atoms with Gasteiger partial charge in [-0.3, -0.25) is 10.1 Å². The fourth-order valence-electron chi connectivity index (χ4n) is 1.65. The summed E-state index contributed by atoms with van der Waals surface area (Å²) < 4.78 is 0. The van der Waals surface area contributed by atoms with Crippen molar-refractivity contribution in [3.8, 4) is 0 Å². The Morgan fingerprint density at radius 2 is 1.83 bits per heavy atom. The molecule has 0 spiro atoms. The van der Waals surface area contributed by atoms with Crippen LogP contribution in [0.3, 0.4) is 0 Å². The van der Waals surface area contributed by atoms with Crippen molar-refractivity contribution in [2.24, 2.45) is 0 Å². The van der Waals surface area contributed by atoms with E-state index < -0.39 is 4.92 Å². The number of benzene rings is 2. The molecule has 18 heavy (non-hydrogen) atoms. The highest BCUT2D eigenvalue weighted by atomic mass is 35.5. The number of anilines is 2. The SMILES string of the molecule is Cc1c(Cl)ccc([N+](=O)[O-])c1Nc1ccccc1. The van der Waals surface area contributed by atoms with Crippen molar-refractivity contribution >= 4 is 28.7 Å². The van der Waals surface area contributed by atoms with E-state index in [0.717, 1.165) is 5.69 Å². The monoisotopic (exact) mass is 262 g/mol. The predicted octanol–water partition coefficient (Wildman–Crippen LogP) is 4.30. The Bertz CT molecular complexity index is 585. The normalized spacial score (nSPS) is 10.1. The van der Waals surface area contributed by atoms with Crippen LogP contribution in [0, 0.1) is 17.0 Å². The summed E-state index contributed by atoms with van der Waals surface area (Å²) in [5, 5.41) is 14.5. The number of nitrogens with one attached hydrogen (secondary N) is 1. The van der Waals surface area contributed by atoms with Gasteiger partial charge in [-0.05, 0) is 30.7 Å². The van der Waals surface area contributed by atoms with Crippen LogP contribution in [-0.4, -0.2) is 4.92 Å². The summed E-state index contributed by atoms with van der Waals surface area (Å²) in [5.41, 5.74) is 1.89. The Hall–Kier alpha value is -2.07. The Balaban J connectivity index is 2.48. The molecule has 2 rings (SSSR count). The second-order valence-corrected chi connectivity index (χ2v) is 4.22. The van der Waals surface area contributed by atoms with Crippen molar-refractivity contribution < 1.29 is 4.92 Å². The molecule has 0 saturated carbocycles. The molecule has 5 heteroatoms. The maximum Gasteiger partial charge on any atom is 0.293 e. The van der Waals surface area contributed by atoms with Crippen LogP contribution in [-0.2, 0) is 0 Å². The predicted molar refractivity (Wildman–Crippen MR) is 72.6 cm³/mol. The van der Waals surface area contributed by atoms with Gasteiger partial charge in [-0.15, -0.1) is 0 Å². The zero-order valence-electron chi connectivity index (χ0n) is 9.68. The molecule has 0 fully saturated rings. The molecule has 92 valence electrons. The lowest BCUT2D eigenvalue weighted by Crippen LogP contribution is -1.99. The van der Waals surface area contributed by atoms with E-state index in [2.05, 4.69) is 5.32 Å². The number of rotatable bonds is 3. The molecule has 0 aromatic heterocycles. The molecule has 0 bridgehead atoms. The molecule has 0 radical (unpaired) electrons. The van der Waals surface area contributed by atoms with Crippen molar-refractivity contribution in [3.05, 3.63) is 63.2 Å². The minimum absolute atomic E-state index is 0.0146. The molecule has 4 nitrogen and oxygen atoms in total. The van der Waals surface area contributed by atoms with E-state index in [1.165, 1.54) is 12.1 Å². The second-order valence-electron chi connectivity index (χ2n) is 3.81. The lowest BCUT2D eigenvalue weighted by Gasteiger charge is -2.11. The largest absolute Gasteiger partial charge is 0.350 e. The zero-order valence-corrected chi connectivity index (χ0v) is 10.4. The van der Waals surface area contributed by atoms with Gasteiger partial charge in [-0.25, -0.2) is 0 Å². The Labute approximate surface area is 109 Å². The van der Waals surface area contributed by atoms with Gasteiger partial charge in [0.05, 0.1) is 4.92 Å². The molecule has 0 unspecified atom stereocenters. The number of hydrogen-bond acceptors (Lipinski definition) is 3. The first-order chi connectivity index (χ1) is 8.59. The first-order valence-electron chi connectivity index (χ1n) is 5.35. The summed E-state index contributed by atoms with van der Waals surface area (Å²) in [5.74, 6) is 0. The minimum atomic E-state index is -0.422. The highest BCUT2D eigenvalue weighted by Crippen LogP contribution is 2.34. The summed E-state index contributed by atoms with van der Waals surface area (Å²) in [6, 6.07) is 12.2. The maximum absolute atomic E-state index is 11.0. The van der Waals surface area contributed by atoms with Gasteiger partial charge in [0, 0.05) is 16.8 Å². The topological polar surface area (TPSA) is 55.2 Å². The third kappa shape index (κ3) is 2.43. The Morgan fingerprint density at radius 1 is 1.17 bits per heavy atom. The fraction of sp³-hybridized carbons (Fsp3) is 0.0769. The summed E-state index contributed by atoms with van der Waals surface area (Å²) in [6.45, 7) is 1.75. The van der Waals surface area contributed by atoms with Crippen LogP contribution in [0.15, 0.2) is 42.5 Å². The van der Waals surface area contributed by atoms with E-state index in [1.54, 1.807) is 6.92 Å². The van der Waals surface area contributed by atoms with Crippen molar-refractivity contribution in [2.75, 3.05) is 5.32 Å². The Kier molecular flexibility index (Phi) is 3.48. The summed E-state index contributed by atoms with van der Waals surface area (Å²) in [6.07, 6.45) is 0. The van der Waals surface area contributed by atoms with E-state index in [9.17, 15) is 10.1 Å². The van der Waals surface area contributed by atoms with Gasteiger partial charge in [0.15, 0.2) is 0 Å². The first-order valence-corrected chi connectivity index (χ1v) is 5.73. The summed E-state index contributed by atoms with van der Waals surface area (Å²) in [7, 11) is 0. The average Bonchev–Trinajstić information content (AvgIpc) is 2.36. The van der Waals surface area contributed by atoms with E-state index in [4.69, 9.17) is 11.6 Å². The van der Waals surface area contributed by atoms with Crippen LogP contribution in [0.25, 0.3) is 0 Å². The molecule has 2 aromatic carbocycles. The van der Waals surface area contributed by atoms with Gasteiger partial charge in [-0.2, -0.15) is 0 Å². The molecular formula is C13H11ClN2O2. The average molecular weight is 263 g/mol. The first kappa shape index (κ1) is 12.4. The molecule has 0 amide bonds. The highest BCUT2D eigenvalue weighted by Gasteiger charge is 2.17. The van der Waals surface area contributed by atoms with Crippen LogP contribution in [0.1, 0.15) is 5.56 Å². The van der Waals surface area contributed by atoms with Gasteiger partial charge in [0.1, 0.15) is 5.69 Å². The smallest absolute Gasteiger partial charge is 0.293 e. The summed E-state index contributed by atoms with van der Waals surface area (Å²) >= 11 is 5.99. The molecule has 0 heterocycles. The van der Waals surface area contributed by atoms with E-state index in [-0.39, 0.29) is 5.69 Å². The molecule has 0 aliphatic rings. The van der Waals surface area contributed by atoms with Crippen molar-refractivity contribution in [1.82, 2.24) is 0 Å². The van der Waals surface area contributed by atoms with Crippen molar-refractivity contribution in [2.45, 2.75) is 6.92 Å². The van der Waals surface area contributed by atoms with Gasteiger partial charge in [0.25, 0.3) is 5.69 Å². The third-order valence-corrected chi connectivity index (χ3v) is 3.03. The van der Waals surface area contributed by atoms with Crippen LogP contribution in [0.4, 0.5) is 17.1 Å². The second kappa shape index (κ2) is 5.06. The van der Waals surface area contributed by atoms with Gasteiger partial charge in [-0.1, -0.05) is 29.8 Å². The minimum Gasteiger partial charge on any atom is -0.350 e. The van der Waals surface area contributed by atoms with E-state index in [0.29, 0.717) is 16.3 Å². The molecule has 1 N–H and O–H groups in total. The molecule has 2 aromatic rings. The van der Waals surface area contributed by atoms with Crippen molar-refractivity contribution in [1.29, 1.82) is 0 Å². The molecule has 0 saturated heterocycles. The molecule has 0 atom stereocenters. The summed E-state index contributed by atoms with van der Waals surface area (Å²) in [4.78, 5) is 10.6.